The first kappa shape index (κ1) is 12.7. The standard InChI is InChI=1S/C14H19ClFN/c1-9-4-3-5-14(10(9)2)17-13-7-11(15)6-12(16)8-13/h6-10,14,17H,3-5H2,1-2H3. The first-order chi connectivity index (χ1) is 8.06. The highest BCUT2D eigenvalue weighted by molar-refractivity contribution is 6.30. The maximum Gasteiger partial charge on any atom is 0.126 e. The van der Waals surface area contributed by atoms with Crippen molar-refractivity contribution < 1.29 is 4.39 Å². The molecule has 1 fully saturated rings. The molecule has 0 aromatic heterocycles. The molecular formula is C14H19ClFN. The fraction of sp³-hybridized carbons (Fsp3) is 0.571. The first-order valence-electron chi connectivity index (χ1n) is 6.29. The molecule has 1 aromatic rings. The fourth-order valence-corrected chi connectivity index (χ4v) is 2.86. The third kappa shape index (κ3) is 3.12. The van der Waals surface area contributed by atoms with Crippen LogP contribution in [0.5, 0.6) is 0 Å². The lowest BCUT2D eigenvalue weighted by Gasteiger charge is -2.35. The van der Waals surface area contributed by atoms with Crippen LogP contribution in [0.3, 0.4) is 0 Å². The van der Waals surface area contributed by atoms with E-state index in [1.54, 1.807) is 6.07 Å². The third-order valence-electron chi connectivity index (χ3n) is 3.92. The van der Waals surface area contributed by atoms with Gasteiger partial charge in [0.1, 0.15) is 5.82 Å². The average Bonchev–Trinajstić information content (AvgIpc) is 2.23. The largest absolute Gasteiger partial charge is 0.382 e. The number of rotatable bonds is 2. The van der Waals surface area contributed by atoms with Crippen molar-refractivity contribution in [3.8, 4) is 0 Å². The van der Waals surface area contributed by atoms with Crippen LogP contribution < -0.4 is 5.32 Å². The van der Waals surface area contributed by atoms with Crippen LogP contribution in [0.2, 0.25) is 5.02 Å². The summed E-state index contributed by atoms with van der Waals surface area (Å²) in [5.74, 6) is 1.06. The molecule has 1 saturated carbocycles. The van der Waals surface area contributed by atoms with E-state index < -0.39 is 0 Å². The number of halogens is 2. The van der Waals surface area contributed by atoms with Crippen molar-refractivity contribution in [1.29, 1.82) is 0 Å². The van der Waals surface area contributed by atoms with Gasteiger partial charge in [0, 0.05) is 16.8 Å². The van der Waals surface area contributed by atoms with E-state index in [0.717, 1.165) is 18.0 Å². The molecule has 0 bridgehead atoms. The number of hydrogen-bond acceptors (Lipinski definition) is 1. The maximum absolute atomic E-state index is 13.2. The Morgan fingerprint density at radius 1 is 1.24 bits per heavy atom. The van der Waals surface area contributed by atoms with E-state index in [2.05, 4.69) is 19.2 Å². The predicted molar refractivity (Wildman–Crippen MR) is 71.0 cm³/mol. The lowest BCUT2D eigenvalue weighted by molar-refractivity contribution is 0.253. The molecule has 1 aliphatic carbocycles. The van der Waals surface area contributed by atoms with E-state index in [1.807, 2.05) is 0 Å². The van der Waals surface area contributed by atoms with E-state index in [0.29, 0.717) is 17.0 Å². The monoisotopic (exact) mass is 255 g/mol. The molecule has 2 rings (SSSR count). The fourth-order valence-electron chi connectivity index (χ4n) is 2.64. The van der Waals surface area contributed by atoms with Crippen molar-refractivity contribution in [3.63, 3.8) is 0 Å². The summed E-state index contributed by atoms with van der Waals surface area (Å²) in [6, 6.07) is 5.06. The van der Waals surface area contributed by atoms with Crippen molar-refractivity contribution in [3.05, 3.63) is 29.0 Å². The Bertz CT molecular complexity index is 374. The van der Waals surface area contributed by atoms with E-state index in [9.17, 15) is 4.39 Å². The molecule has 3 heteroatoms. The number of hydrogen-bond donors (Lipinski definition) is 1. The molecule has 3 atom stereocenters. The van der Waals surface area contributed by atoms with Gasteiger partial charge in [-0.1, -0.05) is 38.3 Å². The Morgan fingerprint density at radius 2 is 2.00 bits per heavy atom. The summed E-state index contributed by atoms with van der Waals surface area (Å²) in [7, 11) is 0. The second kappa shape index (κ2) is 5.26. The topological polar surface area (TPSA) is 12.0 Å². The molecule has 1 N–H and O–H groups in total. The van der Waals surface area contributed by atoms with Crippen molar-refractivity contribution in [2.24, 2.45) is 11.8 Å². The highest BCUT2D eigenvalue weighted by Gasteiger charge is 2.26. The summed E-state index contributed by atoms with van der Waals surface area (Å²) in [5.41, 5.74) is 0.793. The second-order valence-electron chi connectivity index (χ2n) is 5.18. The van der Waals surface area contributed by atoms with E-state index in [4.69, 9.17) is 11.6 Å². The van der Waals surface area contributed by atoms with Crippen molar-refractivity contribution in [1.82, 2.24) is 0 Å². The molecule has 0 aliphatic heterocycles. The molecule has 0 saturated heterocycles. The van der Waals surface area contributed by atoms with Gasteiger partial charge in [0.2, 0.25) is 0 Å². The summed E-state index contributed by atoms with van der Waals surface area (Å²) < 4.78 is 13.2. The van der Waals surface area contributed by atoms with Gasteiger partial charge in [-0.05, 0) is 36.5 Å². The summed E-state index contributed by atoms with van der Waals surface area (Å²) in [5, 5.41) is 3.87. The molecular weight excluding hydrogens is 237 g/mol. The highest BCUT2D eigenvalue weighted by atomic mass is 35.5. The second-order valence-corrected chi connectivity index (χ2v) is 5.61. The van der Waals surface area contributed by atoms with Crippen molar-refractivity contribution in [2.75, 3.05) is 5.32 Å². The van der Waals surface area contributed by atoms with E-state index >= 15 is 0 Å². The van der Waals surface area contributed by atoms with Crippen LogP contribution in [0.1, 0.15) is 33.1 Å². The molecule has 17 heavy (non-hydrogen) atoms. The molecule has 0 heterocycles. The summed E-state index contributed by atoms with van der Waals surface area (Å²) >= 11 is 5.85. The quantitative estimate of drug-likeness (QED) is 0.807. The van der Waals surface area contributed by atoms with Gasteiger partial charge < -0.3 is 5.32 Å². The van der Waals surface area contributed by atoms with Gasteiger partial charge >= 0.3 is 0 Å². The third-order valence-corrected chi connectivity index (χ3v) is 4.14. The normalized spacial score (nSPS) is 29.1. The Kier molecular flexibility index (Phi) is 3.93. The van der Waals surface area contributed by atoms with Crippen molar-refractivity contribution in [2.45, 2.75) is 39.2 Å². The highest BCUT2D eigenvalue weighted by Crippen LogP contribution is 2.32. The lowest BCUT2D eigenvalue weighted by atomic mass is 9.78. The smallest absolute Gasteiger partial charge is 0.126 e. The molecule has 94 valence electrons. The molecule has 0 radical (unpaired) electrons. The van der Waals surface area contributed by atoms with Crippen LogP contribution >= 0.6 is 11.6 Å². The van der Waals surface area contributed by atoms with Gasteiger partial charge in [-0.15, -0.1) is 0 Å². The van der Waals surface area contributed by atoms with Crippen LogP contribution in [-0.4, -0.2) is 6.04 Å². The molecule has 1 nitrogen and oxygen atoms in total. The van der Waals surface area contributed by atoms with Gasteiger partial charge in [-0.3, -0.25) is 0 Å². The van der Waals surface area contributed by atoms with E-state index in [1.165, 1.54) is 25.0 Å². The van der Waals surface area contributed by atoms with Gasteiger partial charge in [0.05, 0.1) is 0 Å². The van der Waals surface area contributed by atoms with Gasteiger partial charge in [0.25, 0.3) is 0 Å². The zero-order valence-corrected chi connectivity index (χ0v) is 11.1. The average molecular weight is 256 g/mol. The molecule has 1 aromatic carbocycles. The summed E-state index contributed by atoms with van der Waals surface area (Å²) in [4.78, 5) is 0. The van der Waals surface area contributed by atoms with Crippen LogP contribution in [0.25, 0.3) is 0 Å². The zero-order chi connectivity index (χ0) is 12.4. The van der Waals surface area contributed by atoms with Crippen LogP contribution in [0.4, 0.5) is 10.1 Å². The van der Waals surface area contributed by atoms with E-state index in [-0.39, 0.29) is 5.82 Å². The van der Waals surface area contributed by atoms with Gasteiger partial charge in [0.15, 0.2) is 0 Å². The Balaban J connectivity index is 2.09. The van der Waals surface area contributed by atoms with Crippen LogP contribution in [-0.2, 0) is 0 Å². The SMILES string of the molecule is CC1CCCC(Nc2cc(F)cc(Cl)c2)C1C. The Hall–Kier alpha value is -0.760. The molecule has 3 unspecified atom stereocenters. The number of benzene rings is 1. The first-order valence-corrected chi connectivity index (χ1v) is 6.66. The predicted octanol–water partition coefficient (Wildman–Crippen LogP) is 4.72. The van der Waals surface area contributed by atoms with Crippen LogP contribution in [0, 0.1) is 17.7 Å². The molecule has 0 amide bonds. The number of anilines is 1. The minimum Gasteiger partial charge on any atom is -0.382 e. The summed E-state index contributed by atoms with van der Waals surface area (Å²) in [6.45, 7) is 4.56. The lowest BCUT2D eigenvalue weighted by Crippen LogP contribution is -2.35. The maximum atomic E-state index is 13.2. The minimum atomic E-state index is -0.281. The molecule has 1 aliphatic rings. The molecule has 0 spiro atoms. The Labute approximate surface area is 107 Å². The van der Waals surface area contributed by atoms with Crippen LogP contribution in [0.15, 0.2) is 18.2 Å². The number of nitrogens with one attached hydrogen (secondary N) is 1. The van der Waals surface area contributed by atoms with Crippen molar-refractivity contribution >= 4 is 17.3 Å². The zero-order valence-electron chi connectivity index (χ0n) is 10.3. The summed E-state index contributed by atoms with van der Waals surface area (Å²) in [6.07, 6.45) is 3.69. The van der Waals surface area contributed by atoms with Gasteiger partial charge in [-0.25, -0.2) is 4.39 Å². The Morgan fingerprint density at radius 3 is 2.71 bits per heavy atom. The van der Waals surface area contributed by atoms with Gasteiger partial charge in [-0.2, -0.15) is 0 Å². The minimum absolute atomic E-state index is 0.281.